The highest BCUT2D eigenvalue weighted by molar-refractivity contribution is 7.18. The molecule has 0 atom stereocenters. The summed E-state index contributed by atoms with van der Waals surface area (Å²) in [5, 5.41) is 8.90. The van der Waals surface area contributed by atoms with Gasteiger partial charge in [0.1, 0.15) is 0 Å². The standard InChI is InChI=1S/C24H22N4O3S/c1-16(29)23-22(18-10-6-3-7-11-18)26-24(32-23)25-20(30)12-13-21(31)28-15-14-19(27-28)17-8-4-2-5-9-17/h2-11H,12-15H2,1H3,(H,25,26,30). The van der Waals surface area contributed by atoms with Gasteiger partial charge in [-0.05, 0) is 5.56 Å². The predicted molar refractivity (Wildman–Crippen MR) is 125 cm³/mol. The van der Waals surface area contributed by atoms with Gasteiger partial charge in [-0.1, -0.05) is 72.0 Å². The Hall–Kier alpha value is -3.65. The van der Waals surface area contributed by atoms with Gasteiger partial charge in [0.25, 0.3) is 0 Å². The van der Waals surface area contributed by atoms with Crippen molar-refractivity contribution in [2.75, 3.05) is 11.9 Å². The zero-order chi connectivity index (χ0) is 22.5. The Kier molecular flexibility index (Phi) is 6.51. The van der Waals surface area contributed by atoms with E-state index in [0.717, 1.165) is 28.2 Å². The molecule has 2 aromatic carbocycles. The van der Waals surface area contributed by atoms with Crippen LogP contribution in [0, 0.1) is 0 Å². The van der Waals surface area contributed by atoms with Crippen LogP contribution in [0.2, 0.25) is 0 Å². The number of carbonyl (C=O) groups excluding carboxylic acids is 3. The molecule has 2 amide bonds. The van der Waals surface area contributed by atoms with E-state index in [4.69, 9.17) is 0 Å². The van der Waals surface area contributed by atoms with E-state index in [9.17, 15) is 14.4 Å². The topological polar surface area (TPSA) is 91.7 Å². The lowest BCUT2D eigenvalue weighted by molar-refractivity contribution is -0.132. The lowest BCUT2D eigenvalue weighted by atomic mass is 10.1. The molecule has 2 heterocycles. The number of amides is 2. The molecule has 3 aromatic rings. The summed E-state index contributed by atoms with van der Waals surface area (Å²) in [5.74, 6) is -0.633. The van der Waals surface area contributed by atoms with Gasteiger partial charge in [0.2, 0.25) is 11.8 Å². The summed E-state index contributed by atoms with van der Waals surface area (Å²) in [6.07, 6.45) is 0.756. The van der Waals surface area contributed by atoms with Crippen LogP contribution in [0.1, 0.15) is 41.4 Å². The summed E-state index contributed by atoms with van der Waals surface area (Å²) in [7, 11) is 0. The number of thiazole rings is 1. The molecule has 0 saturated heterocycles. The van der Waals surface area contributed by atoms with Crippen LogP contribution < -0.4 is 5.32 Å². The number of nitrogens with one attached hydrogen (secondary N) is 1. The third kappa shape index (κ3) is 4.97. The second kappa shape index (κ2) is 9.65. The monoisotopic (exact) mass is 446 g/mol. The van der Waals surface area contributed by atoms with Gasteiger partial charge in [0.05, 0.1) is 22.8 Å². The van der Waals surface area contributed by atoms with E-state index in [2.05, 4.69) is 15.4 Å². The van der Waals surface area contributed by atoms with Gasteiger partial charge in [-0.15, -0.1) is 0 Å². The molecule has 0 fully saturated rings. The molecular formula is C24H22N4O3S. The quantitative estimate of drug-likeness (QED) is 0.546. The third-order valence-electron chi connectivity index (χ3n) is 5.00. The number of hydrogen-bond donors (Lipinski definition) is 1. The number of rotatable bonds is 7. The van der Waals surface area contributed by atoms with Crippen molar-refractivity contribution in [2.45, 2.75) is 26.2 Å². The Morgan fingerprint density at radius 3 is 2.28 bits per heavy atom. The third-order valence-corrected chi connectivity index (χ3v) is 6.07. The number of ketones is 1. The molecule has 0 saturated carbocycles. The number of hydrazone groups is 1. The Labute approximate surface area is 189 Å². The number of anilines is 1. The summed E-state index contributed by atoms with van der Waals surface area (Å²) in [6.45, 7) is 1.99. The Morgan fingerprint density at radius 2 is 1.62 bits per heavy atom. The van der Waals surface area contributed by atoms with Crippen molar-refractivity contribution in [3.05, 3.63) is 71.1 Å². The van der Waals surface area contributed by atoms with E-state index in [1.165, 1.54) is 11.9 Å². The molecule has 162 valence electrons. The zero-order valence-electron chi connectivity index (χ0n) is 17.6. The van der Waals surface area contributed by atoms with Crippen LogP contribution in [0.4, 0.5) is 5.13 Å². The molecule has 0 bridgehead atoms. The number of benzene rings is 2. The van der Waals surface area contributed by atoms with Gasteiger partial charge >= 0.3 is 0 Å². The second-order valence-electron chi connectivity index (χ2n) is 7.35. The lowest BCUT2D eigenvalue weighted by Crippen LogP contribution is -2.24. The minimum atomic E-state index is -0.326. The maximum atomic E-state index is 12.5. The fourth-order valence-corrected chi connectivity index (χ4v) is 4.30. The first-order chi connectivity index (χ1) is 15.5. The highest BCUT2D eigenvalue weighted by Crippen LogP contribution is 2.31. The largest absolute Gasteiger partial charge is 0.302 e. The maximum Gasteiger partial charge on any atom is 0.243 e. The molecule has 8 heteroatoms. The Balaban J connectivity index is 1.36. The SMILES string of the molecule is CC(=O)c1sc(NC(=O)CCC(=O)N2CCC(c3ccccc3)=N2)nc1-c1ccccc1. The average molecular weight is 447 g/mol. The molecule has 0 radical (unpaired) electrons. The molecule has 32 heavy (non-hydrogen) atoms. The number of nitrogens with zero attached hydrogens (tertiary/aromatic N) is 3. The molecule has 7 nitrogen and oxygen atoms in total. The minimum Gasteiger partial charge on any atom is -0.302 e. The van der Waals surface area contributed by atoms with Crippen molar-refractivity contribution in [3.63, 3.8) is 0 Å². The van der Waals surface area contributed by atoms with Crippen LogP contribution in [-0.2, 0) is 9.59 Å². The highest BCUT2D eigenvalue weighted by Gasteiger charge is 2.23. The number of aromatic nitrogens is 1. The van der Waals surface area contributed by atoms with Gasteiger partial charge in [0.15, 0.2) is 10.9 Å². The molecule has 1 N–H and O–H groups in total. The molecule has 1 aliphatic heterocycles. The summed E-state index contributed by atoms with van der Waals surface area (Å²) < 4.78 is 0. The van der Waals surface area contributed by atoms with Crippen LogP contribution in [0.15, 0.2) is 65.8 Å². The van der Waals surface area contributed by atoms with E-state index in [0.29, 0.717) is 28.7 Å². The average Bonchev–Trinajstić information content (AvgIpc) is 3.47. The van der Waals surface area contributed by atoms with Gasteiger partial charge in [0, 0.05) is 31.7 Å². The minimum absolute atomic E-state index is 0.0151. The first kappa shape index (κ1) is 21.6. The molecule has 0 unspecified atom stereocenters. The predicted octanol–water partition coefficient (Wildman–Crippen LogP) is 4.37. The summed E-state index contributed by atoms with van der Waals surface area (Å²) >= 11 is 1.14. The van der Waals surface area contributed by atoms with Crippen molar-refractivity contribution < 1.29 is 14.4 Å². The van der Waals surface area contributed by atoms with Crippen molar-refractivity contribution >= 4 is 39.8 Å². The smallest absolute Gasteiger partial charge is 0.243 e. The lowest BCUT2D eigenvalue weighted by Gasteiger charge is -2.10. The van der Waals surface area contributed by atoms with Crippen LogP contribution >= 0.6 is 11.3 Å². The normalized spacial score (nSPS) is 13.0. The number of Topliss-reactive ketones (excluding diaryl/α,β-unsaturated/α-hetero) is 1. The molecular weight excluding hydrogens is 424 g/mol. The van der Waals surface area contributed by atoms with E-state index in [1.54, 1.807) is 0 Å². The first-order valence-corrected chi connectivity index (χ1v) is 11.1. The Bertz CT molecular complexity index is 1170. The van der Waals surface area contributed by atoms with Crippen LogP contribution in [0.3, 0.4) is 0 Å². The highest BCUT2D eigenvalue weighted by atomic mass is 32.1. The van der Waals surface area contributed by atoms with Gasteiger partial charge < -0.3 is 5.32 Å². The van der Waals surface area contributed by atoms with Gasteiger partial charge in [-0.25, -0.2) is 9.99 Å². The van der Waals surface area contributed by atoms with E-state index >= 15 is 0 Å². The zero-order valence-corrected chi connectivity index (χ0v) is 18.4. The van der Waals surface area contributed by atoms with Crippen molar-refractivity contribution in [1.82, 2.24) is 9.99 Å². The van der Waals surface area contributed by atoms with Crippen molar-refractivity contribution in [1.29, 1.82) is 0 Å². The molecule has 1 aliphatic rings. The Morgan fingerprint density at radius 1 is 0.969 bits per heavy atom. The first-order valence-electron chi connectivity index (χ1n) is 10.3. The summed E-state index contributed by atoms with van der Waals surface area (Å²) in [6, 6.07) is 19.1. The van der Waals surface area contributed by atoms with E-state index < -0.39 is 0 Å². The van der Waals surface area contributed by atoms with Gasteiger partial charge in [-0.3, -0.25) is 14.4 Å². The van der Waals surface area contributed by atoms with E-state index in [1.807, 2.05) is 60.7 Å². The molecule has 0 aliphatic carbocycles. The van der Waals surface area contributed by atoms with Crippen molar-refractivity contribution in [3.8, 4) is 11.3 Å². The number of carbonyl (C=O) groups is 3. The van der Waals surface area contributed by atoms with Gasteiger partial charge in [-0.2, -0.15) is 5.10 Å². The molecule has 4 rings (SSSR count). The summed E-state index contributed by atoms with van der Waals surface area (Å²) in [4.78, 5) is 41.9. The molecule has 1 aromatic heterocycles. The van der Waals surface area contributed by atoms with Crippen LogP contribution in [0.5, 0.6) is 0 Å². The van der Waals surface area contributed by atoms with E-state index in [-0.39, 0.29) is 30.4 Å². The fourth-order valence-electron chi connectivity index (χ4n) is 3.41. The maximum absolute atomic E-state index is 12.5. The second-order valence-corrected chi connectivity index (χ2v) is 8.35. The molecule has 0 spiro atoms. The van der Waals surface area contributed by atoms with Crippen LogP contribution in [0.25, 0.3) is 11.3 Å². The van der Waals surface area contributed by atoms with Crippen molar-refractivity contribution in [2.24, 2.45) is 5.10 Å². The fraction of sp³-hybridized carbons (Fsp3) is 0.208. The van der Waals surface area contributed by atoms with Crippen LogP contribution in [-0.4, -0.2) is 39.8 Å². The summed E-state index contributed by atoms with van der Waals surface area (Å²) in [5.41, 5.74) is 3.23. The number of hydrogen-bond acceptors (Lipinski definition) is 6.